The van der Waals surface area contributed by atoms with Crippen molar-refractivity contribution in [2.45, 2.75) is 38.7 Å². The molecule has 0 bridgehead atoms. The van der Waals surface area contributed by atoms with Gasteiger partial charge in [-0.2, -0.15) is 0 Å². The lowest BCUT2D eigenvalue weighted by Gasteiger charge is -2.31. The van der Waals surface area contributed by atoms with Crippen LogP contribution in [0.25, 0.3) is 5.57 Å². The largest absolute Gasteiger partial charge is 0.462 e. The minimum absolute atomic E-state index is 0.0693. The van der Waals surface area contributed by atoms with Crippen molar-refractivity contribution in [3.63, 3.8) is 0 Å². The lowest BCUT2D eigenvalue weighted by Crippen LogP contribution is -2.36. The molecule has 3 aliphatic heterocycles. The Hall–Kier alpha value is -3.12. The van der Waals surface area contributed by atoms with Gasteiger partial charge in [0.1, 0.15) is 12.0 Å². The lowest BCUT2D eigenvalue weighted by molar-refractivity contribution is 0.0785. The Bertz CT molecular complexity index is 1290. The van der Waals surface area contributed by atoms with Crippen LogP contribution in [0.3, 0.4) is 0 Å². The smallest absolute Gasteiger partial charge is 0.166 e. The van der Waals surface area contributed by atoms with Crippen LogP contribution < -0.4 is 10.1 Å². The van der Waals surface area contributed by atoms with Gasteiger partial charge in [0, 0.05) is 40.4 Å². The molecule has 0 aliphatic carbocycles. The number of ether oxygens (including phenoxy) is 1. The molecule has 0 spiro atoms. The number of halogens is 1. The summed E-state index contributed by atoms with van der Waals surface area (Å²) >= 11 is 5.97. The zero-order valence-corrected chi connectivity index (χ0v) is 22.1. The molecule has 1 fully saturated rings. The van der Waals surface area contributed by atoms with Gasteiger partial charge in [-0.1, -0.05) is 29.8 Å². The molecule has 0 radical (unpaired) electrons. The number of carbonyl (C=O) groups excluding carboxylic acids is 1. The number of piperidine rings is 1. The van der Waals surface area contributed by atoms with E-state index in [0.717, 1.165) is 78.2 Å². The quantitative estimate of drug-likeness (QED) is 0.447. The van der Waals surface area contributed by atoms with Crippen molar-refractivity contribution in [3.05, 3.63) is 106 Å². The Morgan fingerprint density at radius 3 is 2.68 bits per heavy atom. The van der Waals surface area contributed by atoms with E-state index in [4.69, 9.17) is 16.3 Å². The van der Waals surface area contributed by atoms with E-state index in [1.165, 1.54) is 0 Å². The maximum Gasteiger partial charge on any atom is 0.166 e. The highest BCUT2D eigenvalue weighted by Gasteiger charge is 2.27. The fraction of sp³-hybridized carbons (Fsp3) is 0.323. The number of carbonyl (C=O) groups is 1. The van der Waals surface area contributed by atoms with E-state index >= 15 is 0 Å². The van der Waals surface area contributed by atoms with Crippen molar-refractivity contribution in [3.8, 4) is 5.75 Å². The highest BCUT2D eigenvalue weighted by atomic mass is 35.5. The average molecular weight is 517 g/mol. The Morgan fingerprint density at radius 1 is 1.19 bits per heavy atom. The summed E-state index contributed by atoms with van der Waals surface area (Å²) in [6, 6.07) is 13.1. The van der Waals surface area contributed by atoms with E-state index in [-0.39, 0.29) is 11.7 Å². The average Bonchev–Trinajstić information content (AvgIpc) is 3.05. The van der Waals surface area contributed by atoms with Crippen molar-refractivity contribution >= 4 is 23.0 Å². The Morgan fingerprint density at radius 2 is 1.95 bits per heavy atom. The number of benzene rings is 2. The van der Waals surface area contributed by atoms with Gasteiger partial charge in [-0.05, 0) is 99.8 Å². The maximum atomic E-state index is 12.9. The van der Waals surface area contributed by atoms with Crippen LogP contribution in [0, 0.1) is 5.92 Å². The number of rotatable bonds is 6. The van der Waals surface area contributed by atoms with Gasteiger partial charge in [0.25, 0.3) is 0 Å². The molecule has 0 aromatic heterocycles. The molecule has 2 N–H and O–H groups in total. The van der Waals surface area contributed by atoms with Gasteiger partial charge in [-0.15, -0.1) is 0 Å². The predicted octanol–water partition coefficient (Wildman–Crippen LogP) is 6.21. The van der Waals surface area contributed by atoms with Crippen LogP contribution in [-0.2, 0) is 5.60 Å². The van der Waals surface area contributed by atoms with Gasteiger partial charge in [0.2, 0.25) is 0 Å². The van der Waals surface area contributed by atoms with E-state index in [9.17, 15) is 9.90 Å². The van der Waals surface area contributed by atoms with Gasteiger partial charge in [0.05, 0.1) is 11.3 Å². The number of likely N-dealkylation sites (tertiary alicyclic amines) is 1. The number of hydrogen-bond acceptors (Lipinski definition) is 5. The number of dihydropyridines is 1. The molecule has 0 saturated carbocycles. The molecule has 192 valence electrons. The highest BCUT2D eigenvalue weighted by molar-refractivity contribution is 6.30. The van der Waals surface area contributed by atoms with Gasteiger partial charge in [0.15, 0.2) is 5.78 Å². The van der Waals surface area contributed by atoms with Gasteiger partial charge < -0.3 is 20.1 Å². The zero-order valence-electron chi connectivity index (χ0n) is 21.3. The Labute approximate surface area is 223 Å². The molecule has 0 atom stereocenters. The van der Waals surface area contributed by atoms with Crippen LogP contribution in [-0.4, -0.2) is 35.4 Å². The third-order valence-electron chi connectivity index (χ3n) is 7.34. The summed E-state index contributed by atoms with van der Waals surface area (Å²) in [6.45, 7) is 6.33. The number of Topliss-reactive ketones (excluding diaryl/α,β-unsaturated/α-hetero) is 1. The fourth-order valence-corrected chi connectivity index (χ4v) is 5.28. The van der Waals surface area contributed by atoms with Gasteiger partial charge in [-0.3, -0.25) is 4.79 Å². The van der Waals surface area contributed by atoms with Crippen LogP contribution in [0.5, 0.6) is 5.75 Å². The van der Waals surface area contributed by atoms with Crippen LogP contribution in [0.2, 0.25) is 5.02 Å². The van der Waals surface area contributed by atoms with Crippen molar-refractivity contribution in [2.24, 2.45) is 5.92 Å². The molecule has 3 heterocycles. The van der Waals surface area contributed by atoms with E-state index < -0.39 is 5.60 Å². The number of aliphatic hydroxyl groups is 1. The monoisotopic (exact) mass is 516 g/mol. The first-order valence-corrected chi connectivity index (χ1v) is 13.3. The first-order valence-electron chi connectivity index (χ1n) is 12.9. The minimum atomic E-state index is -0.949. The zero-order chi connectivity index (χ0) is 26.0. The van der Waals surface area contributed by atoms with Gasteiger partial charge in [-0.25, -0.2) is 0 Å². The standard InChI is InChI=1S/C31H33ClN2O3/c1-31(2,36)23-9-12-29-27(19-23)25(26-5-3-15-33-28(26)20-37-29)6-4-16-34-17-13-22(14-18-34)30(35)21-7-10-24(32)11-8-21/h3,5-12,15,19-20,22,33,36H,4,13-14,16-18H2,1-2H3. The molecule has 37 heavy (non-hydrogen) atoms. The predicted molar refractivity (Wildman–Crippen MR) is 148 cm³/mol. The Kier molecular flexibility index (Phi) is 7.38. The lowest BCUT2D eigenvalue weighted by atomic mass is 9.88. The molecule has 6 heteroatoms. The summed E-state index contributed by atoms with van der Waals surface area (Å²) in [7, 11) is 0. The summed E-state index contributed by atoms with van der Waals surface area (Å²) in [6.07, 6.45) is 12.6. The molecule has 0 unspecified atom stereocenters. The van der Waals surface area contributed by atoms with Crippen LogP contribution in [0.1, 0.15) is 54.6 Å². The molecule has 5 nitrogen and oxygen atoms in total. The van der Waals surface area contributed by atoms with Crippen molar-refractivity contribution < 1.29 is 14.6 Å². The molecule has 3 aliphatic rings. The molecule has 0 amide bonds. The number of nitrogens with one attached hydrogen (secondary N) is 1. The number of hydrogen-bond donors (Lipinski definition) is 2. The maximum absolute atomic E-state index is 12.9. The molecule has 1 saturated heterocycles. The number of ketones is 1. The normalized spacial score (nSPS) is 19.2. The Balaban J connectivity index is 1.29. The second-order valence-corrected chi connectivity index (χ2v) is 10.8. The van der Waals surface area contributed by atoms with Crippen molar-refractivity contribution in [1.82, 2.24) is 10.2 Å². The fourth-order valence-electron chi connectivity index (χ4n) is 5.15. The highest BCUT2D eigenvalue weighted by Crippen LogP contribution is 2.40. The van der Waals surface area contributed by atoms with E-state index in [0.29, 0.717) is 5.02 Å². The SMILES string of the molecule is CC(C)(O)c1ccc2c(c1)C(=CCCN1CCC(C(=O)c3ccc(Cl)cc3)CC1)C1=CC=CNC1=CO2. The number of nitrogens with zero attached hydrogens (tertiary/aromatic N) is 1. The summed E-state index contributed by atoms with van der Waals surface area (Å²) in [5, 5.41) is 14.6. The second-order valence-electron chi connectivity index (χ2n) is 10.4. The summed E-state index contributed by atoms with van der Waals surface area (Å²) in [4.78, 5) is 15.3. The summed E-state index contributed by atoms with van der Waals surface area (Å²) in [5.41, 5.74) is 4.69. The molecule has 2 aromatic carbocycles. The van der Waals surface area contributed by atoms with Crippen molar-refractivity contribution in [2.75, 3.05) is 19.6 Å². The first-order chi connectivity index (χ1) is 17.8. The summed E-state index contributed by atoms with van der Waals surface area (Å²) in [5.74, 6) is 1.06. The van der Waals surface area contributed by atoms with Gasteiger partial charge >= 0.3 is 0 Å². The third kappa shape index (κ3) is 5.74. The molecular weight excluding hydrogens is 484 g/mol. The topological polar surface area (TPSA) is 61.8 Å². The van der Waals surface area contributed by atoms with E-state index in [1.807, 2.05) is 42.6 Å². The van der Waals surface area contributed by atoms with E-state index in [1.54, 1.807) is 32.2 Å². The number of allylic oxidation sites excluding steroid dienone is 3. The first kappa shape index (κ1) is 25.5. The van der Waals surface area contributed by atoms with Crippen LogP contribution in [0.4, 0.5) is 0 Å². The summed E-state index contributed by atoms with van der Waals surface area (Å²) < 4.78 is 6.02. The van der Waals surface area contributed by atoms with Crippen molar-refractivity contribution in [1.29, 1.82) is 0 Å². The third-order valence-corrected chi connectivity index (χ3v) is 7.59. The number of fused-ring (bicyclic) bond motifs is 2. The minimum Gasteiger partial charge on any atom is -0.462 e. The van der Waals surface area contributed by atoms with Crippen LogP contribution in [0.15, 0.2) is 84.4 Å². The second kappa shape index (κ2) is 10.7. The molecule has 5 rings (SSSR count). The van der Waals surface area contributed by atoms with E-state index in [2.05, 4.69) is 22.4 Å². The van der Waals surface area contributed by atoms with Crippen LogP contribution >= 0.6 is 11.6 Å². The molecule has 2 aromatic rings. The molecular formula is C31H33ClN2O3.